The van der Waals surface area contributed by atoms with E-state index in [1.165, 1.54) is 7.11 Å². The van der Waals surface area contributed by atoms with Crippen LogP contribution >= 0.6 is 0 Å². The number of hydrogen-bond donors (Lipinski definition) is 2. The maximum Gasteiger partial charge on any atom is 0.375 e. The molecule has 0 bridgehead atoms. The number of rotatable bonds is 6. The van der Waals surface area contributed by atoms with Crippen molar-refractivity contribution in [2.75, 3.05) is 20.3 Å². The highest BCUT2D eigenvalue weighted by molar-refractivity contribution is 6.11. The smallest absolute Gasteiger partial charge is 0.375 e. The molecule has 238 valence electrons. The van der Waals surface area contributed by atoms with Crippen molar-refractivity contribution in [1.82, 2.24) is 0 Å². The van der Waals surface area contributed by atoms with Gasteiger partial charge < -0.3 is 29.2 Å². The van der Waals surface area contributed by atoms with Crippen LogP contribution in [-0.4, -0.2) is 60.2 Å². The zero-order valence-corrected chi connectivity index (χ0v) is 25.9. The normalized spacial score (nSPS) is 27.3. The minimum Gasteiger partial charge on any atom is -0.496 e. The number of benzene rings is 2. The van der Waals surface area contributed by atoms with Gasteiger partial charge in [0, 0.05) is 29.4 Å². The zero-order chi connectivity index (χ0) is 32.3. The average Bonchev–Trinajstić information content (AvgIpc) is 3.68. The molecule has 0 amide bonds. The fourth-order valence-electron chi connectivity index (χ4n) is 7.54. The topological polar surface area (TPSA) is 141 Å². The number of carbonyl (C=O) groups is 3. The Morgan fingerprint density at radius 3 is 2.80 bits per heavy atom. The van der Waals surface area contributed by atoms with Crippen LogP contribution in [0.5, 0.6) is 17.2 Å². The first-order valence-corrected chi connectivity index (χ1v) is 15.6. The lowest BCUT2D eigenvalue weighted by molar-refractivity contribution is -0.141. The summed E-state index contributed by atoms with van der Waals surface area (Å²) in [5.41, 5.74) is 2.09. The quantitative estimate of drug-likeness (QED) is 0.282. The number of nitrogens with zero attached hydrogens (tertiary/aromatic N) is 1. The first-order valence-electron chi connectivity index (χ1n) is 15.6. The van der Waals surface area contributed by atoms with Gasteiger partial charge in [-0.15, -0.1) is 0 Å². The molecule has 2 aromatic carbocycles. The third kappa shape index (κ3) is 4.53. The number of fused-ring (bicyclic) bond motifs is 5. The van der Waals surface area contributed by atoms with Gasteiger partial charge in [-0.05, 0) is 56.0 Å². The van der Waals surface area contributed by atoms with Gasteiger partial charge in [-0.2, -0.15) is 0 Å². The van der Waals surface area contributed by atoms with Gasteiger partial charge in [0.05, 0.1) is 48.9 Å². The first kappa shape index (κ1) is 30.1. The number of hydrogen-bond acceptors (Lipinski definition) is 10. The minimum atomic E-state index is -1.21. The minimum absolute atomic E-state index is 0.0149. The molecule has 2 aliphatic carbocycles. The molecule has 46 heavy (non-hydrogen) atoms. The molecular weight excluding hydrogens is 590 g/mol. The molecule has 3 heterocycles. The third-order valence-corrected chi connectivity index (χ3v) is 9.69. The van der Waals surface area contributed by atoms with E-state index in [2.05, 4.69) is 4.99 Å². The van der Waals surface area contributed by atoms with Crippen molar-refractivity contribution >= 4 is 29.7 Å². The van der Waals surface area contributed by atoms with E-state index in [-0.39, 0.29) is 41.5 Å². The Hall–Kier alpha value is -4.54. The molecule has 5 aliphatic rings. The summed E-state index contributed by atoms with van der Waals surface area (Å²) in [4.78, 5) is 44.2. The molecule has 10 nitrogen and oxygen atoms in total. The van der Waals surface area contributed by atoms with E-state index in [1.54, 1.807) is 13.8 Å². The number of ether oxygens (including phenoxy) is 4. The Bertz CT molecular complexity index is 1920. The van der Waals surface area contributed by atoms with Crippen LogP contribution in [0.25, 0.3) is 11.6 Å². The Balaban J connectivity index is 1.49. The Labute approximate surface area is 265 Å². The third-order valence-electron chi connectivity index (χ3n) is 9.69. The van der Waals surface area contributed by atoms with Gasteiger partial charge in [-0.3, -0.25) is 14.6 Å². The van der Waals surface area contributed by atoms with Gasteiger partial charge in [0.25, 0.3) is 0 Å². The molecule has 2 N–H and O–H groups in total. The van der Waals surface area contributed by atoms with Crippen LogP contribution in [0.3, 0.4) is 0 Å². The van der Waals surface area contributed by atoms with Crippen LogP contribution in [0.2, 0.25) is 0 Å². The van der Waals surface area contributed by atoms with E-state index in [0.717, 1.165) is 21.7 Å². The van der Waals surface area contributed by atoms with E-state index in [9.17, 15) is 24.6 Å². The lowest BCUT2D eigenvalue weighted by atomic mass is 9.74. The summed E-state index contributed by atoms with van der Waals surface area (Å²) in [6.45, 7) is 3.47. The van der Waals surface area contributed by atoms with Crippen molar-refractivity contribution in [3.05, 3.63) is 80.1 Å². The Morgan fingerprint density at radius 1 is 1.24 bits per heavy atom. The Morgan fingerprint density at radius 2 is 2.07 bits per heavy atom. The van der Waals surface area contributed by atoms with E-state index in [0.29, 0.717) is 60.3 Å². The van der Waals surface area contributed by atoms with Crippen LogP contribution in [0.4, 0.5) is 0 Å². The maximum atomic E-state index is 13.4. The number of allylic oxidation sites excluding steroid dienone is 3. The molecule has 0 spiro atoms. The molecular formula is C36H35NO9. The van der Waals surface area contributed by atoms with Gasteiger partial charge in [-0.25, -0.2) is 4.79 Å². The van der Waals surface area contributed by atoms with Crippen molar-refractivity contribution in [3.63, 3.8) is 0 Å². The van der Waals surface area contributed by atoms with Crippen molar-refractivity contribution in [1.29, 1.82) is 0 Å². The monoisotopic (exact) mass is 625 g/mol. The molecule has 1 saturated carbocycles. The molecule has 0 radical (unpaired) electrons. The number of Topliss-reactive ketones (excluding diaryl/α,β-unsaturated/α-hetero) is 1. The van der Waals surface area contributed by atoms with Crippen LogP contribution in [0, 0.1) is 0 Å². The summed E-state index contributed by atoms with van der Waals surface area (Å²) < 4.78 is 24.0. The molecule has 3 aliphatic heterocycles. The second-order valence-electron chi connectivity index (χ2n) is 12.4. The molecule has 0 aromatic heterocycles. The standard InChI is InChI=1S/C36H35NO9/c1-4-44-35(41)32-23(16-38)27(20-8-10-26(40)22(15-20)18-7-9-25-19(14-18)11-13-37-25)29-31(45-32)24(17-39)30-28(33(29)43-3)21-6-5-12-36(2,42)34(21)46-30/h5-7,9,11,14,16,21-22,34,39,42H,4,8,10,12-13,15,17H2,1-3H3. The van der Waals surface area contributed by atoms with Gasteiger partial charge >= 0.3 is 5.97 Å². The fraction of sp³-hybridized carbons (Fsp3) is 0.389. The van der Waals surface area contributed by atoms with E-state index >= 15 is 0 Å². The second kappa shape index (κ2) is 11.4. The molecule has 7 rings (SSSR count). The number of aldehydes is 1. The van der Waals surface area contributed by atoms with Gasteiger partial charge in [0.15, 0.2) is 6.29 Å². The lowest BCUT2D eigenvalue weighted by Gasteiger charge is -2.34. The van der Waals surface area contributed by atoms with Crippen molar-refractivity contribution in [2.24, 2.45) is 4.99 Å². The summed E-state index contributed by atoms with van der Waals surface area (Å²) in [5.74, 6) is -1.20. The largest absolute Gasteiger partial charge is 0.496 e. The van der Waals surface area contributed by atoms with E-state index in [1.807, 2.05) is 36.4 Å². The molecule has 4 atom stereocenters. The zero-order valence-electron chi connectivity index (χ0n) is 25.9. The molecule has 4 unspecified atom stereocenters. The van der Waals surface area contributed by atoms with E-state index in [4.69, 9.17) is 18.9 Å². The lowest BCUT2D eigenvalue weighted by Crippen LogP contribution is -2.45. The van der Waals surface area contributed by atoms with Gasteiger partial charge in [-0.1, -0.05) is 29.9 Å². The summed E-state index contributed by atoms with van der Waals surface area (Å²) in [7, 11) is 1.50. The van der Waals surface area contributed by atoms with Crippen molar-refractivity contribution in [2.45, 2.75) is 69.7 Å². The predicted molar refractivity (Wildman–Crippen MR) is 166 cm³/mol. The van der Waals surface area contributed by atoms with Gasteiger partial charge in [0.2, 0.25) is 5.76 Å². The Kier molecular flexibility index (Phi) is 7.44. The number of esters is 1. The van der Waals surface area contributed by atoms with Crippen molar-refractivity contribution < 1.29 is 43.5 Å². The summed E-state index contributed by atoms with van der Waals surface area (Å²) >= 11 is 0. The molecule has 2 aromatic rings. The van der Waals surface area contributed by atoms with Crippen LogP contribution < -0.4 is 24.8 Å². The number of methoxy groups -OCH3 is 1. The average molecular weight is 626 g/mol. The number of ketones is 1. The maximum absolute atomic E-state index is 13.4. The van der Waals surface area contributed by atoms with E-state index < -0.39 is 36.1 Å². The number of aliphatic hydroxyl groups excluding tert-OH is 1. The van der Waals surface area contributed by atoms with Crippen LogP contribution in [0.1, 0.15) is 73.6 Å². The molecule has 1 fully saturated rings. The summed E-state index contributed by atoms with van der Waals surface area (Å²) in [6, 6.07) is 5.84. The molecule has 0 saturated heterocycles. The number of aliphatic hydroxyl groups is 2. The molecule has 10 heteroatoms. The highest BCUT2D eigenvalue weighted by Gasteiger charge is 2.51. The van der Waals surface area contributed by atoms with Crippen LogP contribution in [-0.2, 0) is 25.7 Å². The highest BCUT2D eigenvalue weighted by Crippen LogP contribution is 2.60. The SMILES string of the molecule is CCOC(=O)C1=C(C=O)C(=C2CCC(=O)C(c3ccc4c(c3)=CCN=4)C2)c2c(c(CO)c3c(c2OC)C2C=CCC(C)(O)C2O3)O1. The number of carbonyl (C=O) groups excluding carboxylic acids is 3. The highest BCUT2D eigenvalue weighted by atomic mass is 16.6. The summed E-state index contributed by atoms with van der Waals surface area (Å²) in [5, 5.41) is 23.9. The predicted octanol–water partition coefficient (Wildman–Crippen LogP) is 2.86. The fourth-order valence-corrected chi connectivity index (χ4v) is 7.54. The van der Waals surface area contributed by atoms with Gasteiger partial charge in [0.1, 0.15) is 34.7 Å². The second-order valence-corrected chi connectivity index (χ2v) is 12.4. The van der Waals surface area contributed by atoms with Crippen molar-refractivity contribution in [3.8, 4) is 17.2 Å². The summed E-state index contributed by atoms with van der Waals surface area (Å²) in [6.07, 6.45) is 7.00. The van der Waals surface area contributed by atoms with Crippen LogP contribution in [0.15, 0.2) is 52.2 Å². The first-order chi connectivity index (χ1) is 22.2.